The van der Waals surface area contributed by atoms with Gasteiger partial charge in [0.2, 0.25) is 0 Å². The number of hydrogen-bond donors (Lipinski definition) is 0. The predicted octanol–water partition coefficient (Wildman–Crippen LogP) is 4.99. The second-order valence-corrected chi connectivity index (χ2v) is 6.97. The quantitative estimate of drug-likeness (QED) is 0.751. The number of likely N-dealkylation sites (tertiary alicyclic amines) is 1. The summed E-state index contributed by atoms with van der Waals surface area (Å²) in [5.74, 6) is 2.09. The SMILES string of the molecule is CCN1CC[C@H]2[C@H](c3ccccc3)c3cc(C)ccc3[C@H]2C1.Cl. The van der Waals surface area contributed by atoms with Gasteiger partial charge in [-0.25, -0.2) is 0 Å². The van der Waals surface area contributed by atoms with Gasteiger partial charge in [0.25, 0.3) is 0 Å². The topological polar surface area (TPSA) is 3.24 Å². The first-order chi connectivity index (χ1) is 10.8. The van der Waals surface area contributed by atoms with Crippen molar-refractivity contribution < 1.29 is 0 Å². The molecule has 0 amide bonds. The van der Waals surface area contributed by atoms with Crippen LogP contribution in [-0.2, 0) is 0 Å². The first-order valence-electron chi connectivity index (χ1n) is 8.65. The van der Waals surface area contributed by atoms with Gasteiger partial charge in [-0.2, -0.15) is 0 Å². The van der Waals surface area contributed by atoms with E-state index in [2.05, 4.69) is 67.3 Å². The van der Waals surface area contributed by atoms with E-state index in [-0.39, 0.29) is 12.4 Å². The zero-order valence-electron chi connectivity index (χ0n) is 14.0. The van der Waals surface area contributed by atoms with Crippen LogP contribution in [0.2, 0.25) is 0 Å². The molecule has 0 radical (unpaired) electrons. The lowest BCUT2D eigenvalue weighted by atomic mass is 9.78. The number of likely N-dealkylation sites (N-methyl/N-ethyl adjacent to an activating group) is 1. The van der Waals surface area contributed by atoms with Gasteiger partial charge in [-0.15, -0.1) is 12.4 Å². The van der Waals surface area contributed by atoms with E-state index in [1.807, 2.05) is 0 Å². The van der Waals surface area contributed by atoms with Crippen LogP contribution < -0.4 is 0 Å². The number of aryl methyl sites for hydroxylation is 1. The third kappa shape index (κ3) is 2.81. The van der Waals surface area contributed by atoms with Gasteiger partial charge in [-0.3, -0.25) is 0 Å². The average molecular weight is 328 g/mol. The standard InChI is InChI=1S/C21H25N.ClH/c1-3-22-12-11-18-20(14-22)17-10-9-15(2)13-19(17)21(18)16-7-5-4-6-8-16;/h4-10,13,18,20-21H,3,11-12,14H2,1-2H3;1H/t18-,20-,21+;/m1./s1. The Kier molecular flexibility index (Phi) is 4.79. The summed E-state index contributed by atoms with van der Waals surface area (Å²) in [6.45, 7) is 8.19. The third-order valence-electron chi connectivity index (χ3n) is 5.76. The number of rotatable bonds is 2. The summed E-state index contributed by atoms with van der Waals surface area (Å²) in [5.41, 5.74) is 6.11. The number of halogens is 1. The second-order valence-electron chi connectivity index (χ2n) is 6.97. The summed E-state index contributed by atoms with van der Waals surface area (Å²) in [6.07, 6.45) is 1.33. The van der Waals surface area contributed by atoms with Crippen LogP contribution in [0.15, 0.2) is 48.5 Å². The summed E-state index contributed by atoms with van der Waals surface area (Å²) in [6, 6.07) is 18.3. The van der Waals surface area contributed by atoms with Crippen LogP contribution in [0.4, 0.5) is 0 Å². The highest BCUT2D eigenvalue weighted by Gasteiger charge is 2.43. The van der Waals surface area contributed by atoms with Crippen LogP contribution in [0.3, 0.4) is 0 Å². The van der Waals surface area contributed by atoms with E-state index in [0.717, 1.165) is 11.8 Å². The van der Waals surface area contributed by atoms with Gasteiger partial charge >= 0.3 is 0 Å². The van der Waals surface area contributed by atoms with Crippen LogP contribution in [0.25, 0.3) is 0 Å². The lowest BCUT2D eigenvalue weighted by Gasteiger charge is -2.37. The lowest BCUT2D eigenvalue weighted by Crippen LogP contribution is -2.38. The van der Waals surface area contributed by atoms with E-state index in [1.54, 1.807) is 11.1 Å². The van der Waals surface area contributed by atoms with Crippen LogP contribution in [0.1, 0.15) is 47.4 Å². The van der Waals surface area contributed by atoms with E-state index < -0.39 is 0 Å². The fraction of sp³-hybridized carbons (Fsp3) is 0.429. The van der Waals surface area contributed by atoms with Crippen LogP contribution >= 0.6 is 12.4 Å². The number of hydrogen-bond acceptors (Lipinski definition) is 1. The molecule has 4 rings (SSSR count). The molecule has 0 N–H and O–H groups in total. The fourth-order valence-corrected chi connectivity index (χ4v) is 4.67. The highest BCUT2D eigenvalue weighted by Crippen LogP contribution is 2.53. The molecule has 1 aliphatic carbocycles. The van der Waals surface area contributed by atoms with Crippen molar-refractivity contribution in [2.24, 2.45) is 5.92 Å². The van der Waals surface area contributed by atoms with Gasteiger partial charge in [-0.05, 0) is 49.0 Å². The normalized spacial score (nSPS) is 26.3. The molecule has 2 aromatic rings. The van der Waals surface area contributed by atoms with Gasteiger partial charge in [0.05, 0.1) is 0 Å². The zero-order valence-corrected chi connectivity index (χ0v) is 14.9. The average Bonchev–Trinajstić information content (AvgIpc) is 2.88. The minimum absolute atomic E-state index is 0. The van der Waals surface area contributed by atoms with Crippen LogP contribution in [-0.4, -0.2) is 24.5 Å². The van der Waals surface area contributed by atoms with Gasteiger partial charge in [0.1, 0.15) is 0 Å². The molecule has 0 spiro atoms. The summed E-state index contributed by atoms with van der Waals surface area (Å²) in [7, 11) is 0. The van der Waals surface area contributed by atoms with Crippen molar-refractivity contribution in [2.45, 2.75) is 32.1 Å². The molecule has 1 saturated heterocycles. The van der Waals surface area contributed by atoms with Crippen molar-refractivity contribution in [1.82, 2.24) is 4.90 Å². The Balaban J connectivity index is 0.00000156. The van der Waals surface area contributed by atoms with Crippen LogP contribution in [0, 0.1) is 12.8 Å². The summed E-state index contributed by atoms with van der Waals surface area (Å²) in [4.78, 5) is 2.62. The maximum atomic E-state index is 2.62. The molecular weight excluding hydrogens is 302 g/mol. The molecule has 0 unspecified atom stereocenters. The Bertz CT molecular complexity index is 667. The van der Waals surface area contributed by atoms with Gasteiger partial charge in [0.15, 0.2) is 0 Å². The van der Waals surface area contributed by atoms with Crippen LogP contribution in [0.5, 0.6) is 0 Å². The lowest BCUT2D eigenvalue weighted by molar-refractivity contribution is 0.167. The maximum Gasteiger partial charge on any atom is 0.0127 e. The largest absolute Gasteiger partial charge is 0.303 e. The number of piperidine rings is 1. The Morgan fingerprint density at radius 1 is 1.04 bits per heavy atom. The molecule has 0 aromatic heterocycles. The highest BCUT2D eigenvalue weighted by molar-refractivity contribution is 5.85. The summed E-state index contributed by atoms with van der Waals surface area (Å²) >= 11 is 0. The molecule has 0 saturated carbocycles. The molecule has 2 aromatic carbocycles. The highest BCUT2D eigenvalue weighted by atomic mass is 35.5. The minimum Gasteiger partial charge on any atom is -0.303 e. The van der Waals surface area contributed by atoms with Crippen molar-refractivity contribution in [2.75, 3.05) is 19.6 Å². The maximum absolute atomic E-state index is 2.62. The molecular formula is C21H26ClN. The Morgan fingerprint density at radius 2 is 1.83 bits per heavy atom. The van der Waals surface area contributed by atoms with E-state index in [9.17, 15) is 0 Å². The monoisotopic (exact) mass is 327 g/mol. The number of nitrogens with zero attached hydrogens (tertiary/aromatic N) is 1. The van der Waals surface area contributed by atoms with Crippen molar-refractivity contribution >= 4 is 12.4 Å². The summed E-state index contributed by atoms with van der Waals surface area (Å²) < 4.78 is 0. The third-order valence-corrected chi connectivity index (χ3v) is 5.76. The first kappa shape index (κ1) is 16.5. The molecule has 2 aliphatic rings. The van der Waals surface area contributed by atoms with Gasteiger partial charge in [0, 0.05) is 18.4 Å². The number of benzene rings is 2. The molecule has 2 heteroatoms. The van der Waals surface area contributed by atoms with E-state index in [1.165, 1.54) is 37.2 Å². The molecule has 1 heterocycles. The smallest absolute Gasteiger partial charge is 0.0127 e. The van der Waals surface area contributed by atoms with Gasteiger partial charge in [-0.1, -0.05) is 61.0 Å². The first-order valence-corrected chi connectivity index (χ1v) is 8.65. The van der Waals surface area contributed by atoms with Gasteiger partial charge < -0.3 is 4.90 Å². The molecule has 1 aliphatic heterocycles. The zero-order chi connectivity index (χ0) is 15.1. The molecule has 23 heavy (non-hydrogen) atoms. The second kappa shape index (κ2) is 6.67. The number of fused-ring (bicyclic) bond motifs is 3. The molecule has 3 atom stereocenters. The van der Waals surface area contributed by atoms with E-state index >= 15 is 0 Å². The molecule has 1 nitrogen and oxygen atoms in total. The van der Waals surface area contributed by atoms with E-state index in [4.69, 9.17) is 0 Å². The Morgan fingerprint density at radius 3 is 2.57 bits per heavy atom. The Hall–Kier alpha value is -1.31. The van der Waals surface area contributed by atoms with E-state index in [0.29, 0.717) is 5.92 Å². The molecule has 0 bridgehead atoms. The van der Waals surface area contributed by atoms with Crippen molar-refractivity contribution in [3.63, 3.8) is 0 Å². The molecule has 1 fully saturated rings. The predicted molar refractivity (Wildman–Crippen MR) is 99.7 cm³/mol. The summed E-state index contributed by atoms with van der Waals surface area (Å²) in [5, 5.41) is 0. The minimum atomic E-state index is 0. The molecule has 122 valence electrons. The van der Waals surface area contributed by atoms with Crippen molar-refractivity contribution in [3.8, 4) is 0 Å². The fourth-order valence-electron chi connectivity index (χ4n) is 4.67. The Labute approximate surface area is 146 Å². The van der Waals surface area contributed by atoms with Crippen molar-refractivity contribution in [1.29, 1.82) is 0 Å². The van der Waals surface area contributed by atoms with Crippen molar-refractivity contribution in [3.05, 3.63) is 70.8 Å².